The second kappa shape index (κ2) is 5.28. The van der Waals surface area contributed by atoms with Crippen molar-refractivity contribution in [3.8, 4) is 0 Å². The van der Waals surface area contributed by atoms with E-state index in [1.807, 2.05) is 6.92 Å². The number of hydrogen-bond acceptors (Lipinski definition) is 3. The van der Waals surface area contributed by atoms with Crippen molar-refractivity contribution in [2.75, 3.05) is 0 Å². The predicted octanol–water partition coefficient (Wildman–Crippen LogP) is 3.42. The van der Waals surface area contributed by atoms with Crippen LogP contribution >= 0.6 is 15.9 Å². The largest absolute Gasteiger partial charge is 0.347 e. The molecule has 0 aliphatic heterocycles. The van der Waals surface area contributed by atoms with Gasteiger partial charge in [0.1, 0.15) is 0 Å². The number of nitro groups is 1. The average Bonchev–Trinajstić information content (AvgIpc) is 2.33. The standard InChI is InChI=1S/C13H15BrN2O3/c1-2-13(6-3-7-13)15-12(17)9-4-5-10(14)11(8-9)16(18)19/h4-5,8H,2-3,6-7H2,1H3,(H,15,17). The van der Waals surface area contributed by atoms with Crippen LogP contribution in [0.5, 0.6) is 0 Å². The summed E-state index contributed by atoms with van der Waals surface area (Å²) in [5.41, 5.74) is 0.125. The smallest absolute Gasteiger partial charge is 0.284 e. The van der Waals surface area contributed by atoms with Gasteiger partial charge in [0.25, 0.3) is 11.6 Å². The fourth-order valence-electron chi connectivity index (χ4n) is 2.28. The summed E-state index contributed by atoms with van der Waals surface area (Å²) in [6, 6.07) is 4.43. The first-order chi connectivity index (χ1) is 8.97. The molecule has 2 rings (SSSR count). The minimum Gasteiger partial charge on any atom is -0.347 e. The molecule has 1 aromatic carbocycles. The van der Waals surface area contributed by atoms with Crippen molar-refractivity contribution in [2.45, 2.75) is 38.1 Å². The molecule has 0 radical (unpaired) electrons. The number of carbonyl (C=O) groups is 1. The van der Waals surface area contributed by atoms with Crippen molar-refractivity contribution in [3.63, 3.8) is 0 Å². The van der Waals surface area contributed by atoms with Crippen molar-refractivity contribution in [1.29, 1.82) is 0 Å². The van der Waals surface area contributed by atoms with Gasteiger partial charge in [-0.3, -0.25) is 14.9 Å². The molecule has 6 heteroatoms. The van der Waals surface area contributed by atoms with Gasteiger partial charge in [-0.1, -0.05) is 6.92 Å². The lowest BCUT2D eigenvalue weighted by molar-refractivity contribution is -0.385. The fraction of sp³-hybridized carbons (Fsp3) is 0.462. The Hall–Kier alpha value is -1.43. The summed E-state index contributed by atoms with van der Waals surface area (Å²) < 4.78 is 0.378. The summed E-state index contributed by atoms with van der Waals surface area (Å²) in [7, 11) is 0. The van der Waals surface area contributed by atoms with E-state index in [2.05, 4.69) is 21.2 Å². The zero-order valence-electron chi connectivity index (χ0n) is 10.6. The van der Waals surface area contributed by atoms with E-state index in [-0.39, 0.29) is 17.1 Å². The molecule has 0 unspecified atom stereocenters. The summed E-state index contributed by atoms with van der Waals surface area (Å²) in [6.45, 7) is 2.05. The molecule has 0 atom stereocenters. The highest BCUT2D eigenvalue weighted by molar-refractivity contribution is 9.10. The summed E-state index contributed by atoms with van der Waals surface area (Å²) in [4.78, 5) is 22.5. The Labute approximate surface area is 119 Å². The number of rotatable bonds is 4. The fourth-order valence-corrected chi connectivity index (χ4v) is 2.67. The van der Waals surface area contributed by atoms with E-state index in [0.29, 0.717) is 10.0 Å². The molecule has 0 spiro atoms. The third kappa shape index (κ3) is 2.78. The van der Waals surface area contributed by atoms with Crippen LogP contribution < -0.4 is 5.32 Å². The lowest BCUT2D eigenvalue weighted by Gasteiger charge is -2.42. The first-order valence-corrected chi connectivity index (χ1v) is 7.03. The van der Waals surface area contributed by atoms with Gasteiger partial charge < -0.3 is 5.32 Å². The second-order valence-electron chi connectivity index (χ2n) is 4.86. The predicted molar refractivity (Wildman–Crippen MR) is 75.1 cm³/mol. The van der Waals surface area contributed by atoms with E-state index in [1.54, 1.807) is 6.07 Å². The van der Waals surface area contributed by atoms with Crippen LogP contribution in [-0.2, 0) is 0 Å². The Balaban J connectivity index is 2.20. The SMILES string of the molecule is CCC1(NC(=O)c2ccc(Br)c([N+](=O)[O-])c2)CCC1. The van der Waals surface area contributed by atoms with Crippen LogP contribution in [0.4, 0.5) is 5.69 Å². The number of halogens is 1. The van der Waals surface area contributed by atoms with Crippen molar-refractivity contribution in [3.05, 3.63) is 38.3 Å². The van der Waals surface area contributed by atoms with E-state index in [4.69, 9.17) is 0 Å². The van der Waals surface area contributed by atoms with E-state index in [9.17, 15) is 14.9 Å². The van der Waals surface area contributed by atoms with Crippen LogP contribution in [0, 0.1) is 10.1 Å². The molecule has 1 aromatic rings. The molecule has 102 valence electrons. The Kier molecular flexibility index (Phi) is 3.89. The van der Waals surface area contributed by atoms with Gasteiger partial charge in [-0.25, -0.2) is 0 Å². The molecular formula is C13H15BrN2O3. The lowest BCUT2D eigenvalue weighted by Crippen LogP contribution is -2.52. The molecule has 1 amide bonds. The van der Waals surface area contributed by atoms with Gasteiger partial charge in [-0.15, -0.1) is 0 Å². The molecule has 0 bridgehead atoms. The summed E-state index contributed by atoms with van der Waals surface area (Å²) in [6.07, 6.45) is 3.97. The van der Waals surface area contributed by atoms with Gasteiger partial charge in [0.05, 0.1) is 9.40 Å². The maximum Gasteiger partial charge on any atom is 0.284 e. The zero-order chi connectivity index (χ0) is 14.0. The number of nitro benzene ring substituents is 1. The highest BCUT2D eigenvalue weighted by Crippen LogP contribution is 2.35. The number of nitrogens with zero attached hydrogens (tertiary/aromatic N) is 1. The van der Waals surface area contributed by atoms with E-state index in [1.165, 1.54) is 12.1 Å². The van der Waals surface area contributed by atoms with Crippen LogP contribution in [0.2, 0.25) is 0 Å². The topological polar surface area (TPSA) is 72.2 Å². The maximum absolute atomic E-state index is 12.1. The average molecular weight is 327 g/mol. The lowest BCUT2D eigenvalue weighted by atomic mass is 9.74. The molecule has 1 fully saturated rings. The number of benzene rings is 1. The summed E-state index contributed by atoms with van der Waals surface area (Å²) in [5, 5.41) is 13.9. The third-order valence-electron chi connectivity index (χ3n) is 3.77. The molecule has 1 saturated carbocycles. The highest BCUT2D eigenvalue weighted by atomic mass is 79.9. The number of amides is 1. The van der Waals surface area contributed by atoms with Crippen LogP contribution in [0.3, 0.4) is 0 Å². The number of hydrogen-bond donors (Lipinski definition) is 1. The van der Waals surface area contributed by atoms with Gasteiger partial charge in [0.15, 0.2) is 0 Å². The summed E-state index contributed by atoms with van der Waals surface area (Å²) >= 11 is 3.11. The minimum atomic E-state index is -0.500. The molecule has 1 aliphatic carbocycles. The van der Waals surface area contributed by atoms with Crippen LogP contribution in [0.25, 0.3) is 0 Å². The monoisotopic (exact) mass is 326 g/mol. The Morgan fingerprint density at radius 1 is 1.53 bits per heavy atom. The maximum atomic E-state index is 12.1. The quantitative estimate of drug-likeness (QED) is 0.680. The van der Waals surface area contributed by atoms with Gasteiger partial charge in [0, 0.05) is 17.2 Å². The van der Waals surface area contributed by atoms with Crippen LogP contribution in [-0.4, -0.2) is 16.4 Å². The van der Waals surface area contributed by atoms with Gasteiger partial charge in [-0.05, 0) is 53.7 Å². The molecule has 0 aromatic heterocycles. The van der Waals surface area contributed by atoms with E-state index in [0.717, 1.165) is 25.7 Å². The van der Waals surface area contributed by atoms with Gasteiger partial charge in [-0.2, -0.15) is 0 Å². The third-order valence-corrected chi connectivity index (χ3v) is 4.44. The molecule has 1 aliphatic rings. The van der Waals surface area contributed by atoms with Crippen molar-refractivity contribution < 1.29 is 9.72 Å². The number of carbonyl (C=O) groups excluding carboxylic acids is 1. The normalized spacial score (nSPS) is 16.5. The molecule has 0 heterocycles. The van der Waals surface area contributed by atoms with Gasteiger partial charge >= 0.3 is 0 Å². The molecular weight excluding hydrogens is 312 g/mol. The molecule has 5 nitrogen and oxygen atoms in total. The van der Waals surface area contributed by atoms with E-state index >= 15 is 0 Å². The molecule has 0 saturated heterocycles. The zero-order valence-corrected chi connectivity index (χ0v) is 12.2. The minimum absolute atomic E-state index is 0.0909. The van der Waals surface area contributed by atoms with Crippen LogP contribution in [0.15, 0.2) is 22.7 Å². The van der Waals surface area contributed by atoms with E-state index < -0.39 is 4.92 Å². The second-order valence-corrected chi connectivity index (χ2v) is 5.72. The highest BCUT2D eigenvalue weighted by Gasteiger charge is 2.36. The Morgan fingerprint density at radius 2 is 2.21 bits per heavy atom. The molecule has 1 N–H and O–H groups in total. The van der Waals surface area contributed by atoms with Crippen molar-refractivity contribution >= 4 is 27.5 Å². The van der Waals surface area contributed by atoms with Crippen LogP contribution in [0.1, 0.15) is 43.0 Å². The van der Waals surface area contributed by atoms with Gasteiger partial charge in [0.2, 0.25) is 0 Å². The first kappa shape index (κ1) is 14.0. The Bertz CT molecular complexity index is 521. The van der Waals surface area contributed by atoms with Crippen molar-refractivity contribution in [1.82, 2.24) is 5.32 Å². The number of nitrogens with one attached hydrogen (secondary N) is 1. The first-order valence-electron chi connectivity index (χ1n) is 6.24. The molecule has 19 heavy (non-hydrogen) atoms. The Morgan fingerprint density at radius 3 is 2.68 bits per heavy atom. The summed E-state index contributed by atoms with van der Waals surface area (Å²) in [5.74, 6) is -0.239. The van der Waals surface area contributed by atoms with Crippen molar-refractivity contribution in [2.24, 2.45) is 0 Å².